The van der Waals surface area contributed by atoms with E-state index in [-0.39, 0.29) is 34.7 Å². The van der Waals surface area contributed by atoms with Gasteiger partial charge in [-0.1, -0.05) is 30.3 Å². The lowest BCUT2D eigenvalue weighted by atomic mass is 10.0. The second-order valence-electron chi connectivity index (χ2n) is 7.21. The summed E-state index contributed by atoms with van der Waals surface area (Å²) in [4.78, 5) is 35.7. The highest BCUT2D eigenvalue weighted by molar-refractivity contribution is 5.93. The van der Waals surface area contributed by atoms with Crippen LogP contribution in [-0.2, 0) is 14.3 Å². The number of carbonyl (C=O) groups is 2. The summed E-state index contributed by atoms with van der Waals surface area (Å²) in [6.07, 6.45) is 1.47. The molecule has 1 atom stereocenters. The van der Waals surface area contributed by atoms with Crippen molar-refractivity contribution in [1.29, 1.82) is 0 Å². The fourth-order valence-electron chi connectivity index (χ4n) is 3.09. The standard InChI is InChI=1S/C23H24F2N2O7/c1-14(2)33-21(29)13-17(16-8-4-5-9-18(16)27(30)31)26-20(28)12-11-15-7-6-10-19(32-3)22(15)34-23(24)25/h4-12,14,17,23H,13H2,1-3H3,(H,26,28)/b12-11+. The van der Waals surface area contributed by atoms with Crippen LogP contribution in [0.1, 0.15) is 37.4 Å². The molecular weight excluding hydrogens is 454 g/mol. The van der Waals surface area contributed by atoms with E-state index < -0.39 is 35.6 Å². The number of nitrogens with one attached hydrogen (secondary N) is 1. The molecule has 2 rings (SSSR count). The number of hydrogen-bond donors (Lipinski definition) is 1. The first-order valence-corrected chi connectivity index (χ1v) is 10.2. The molecule has 34 heavy (non-hydrogen) atoms. The molecule has 0 aliphatic carbocycles. The molecule has 0 radical (unpaired) electrons. The molecule has 1 unspecified atom stereocenters. The van der Waals surface area contributed by atoms with Crippen molar-refractivity contribution < 1.29 is 37.5 Å². The molecule has 0 spiro atoms. The molecular formula is C23H24F2N2O7. The van der Waals surface area contributed by atoms with Gasteiger partial charge >= 0.3 is 12.6 Å². The normalized spacial score (nSPS) is 12.0. The van der Waals surface area contributed by atoms with Crippen LogP contribution in [0, 0.1) is 10.1 Å². The average Bonchev–Trinajstić information content (AvgIpc) is 2.77. The maximum atomic E-state index is 12.8. The van der Waals surface area contributed by atoms with Crippen LogP contribution in [0.25, 0.3) is 6.08 Å². The van der Waals surface area contributed by atoms with E-state index in [1.165, 1.54) is 55.7 Å². The number of benzene rings is 2. The Balaban J connectivity index is 2.32. The van der Waals surface area contributed by atoms with E-state index in [9.17, 15) is 28.5 Å². The highest BCUT2D eigenvalue weighted by atomic mass is 19.3. The summed E-state index contributed by atoms with van der Waals surface area (Å²) in [5.41, 5.74) is -0.0381. The number of para-hydroxylation sites is 2. The monoisotopic (exact) mass is 478 g/mol. The Labute approximate surface area is 194 Å². The topological polar surface area (TPSA) is 117 Å². The maximum absolute atomic E-state index is 12.8. The van der Waals surface area contributed by atoms with Gasteiger partial charge in [-0.3, -0.25) is 19.7 Å². The highest BCUT2D eigenvalue weighted by Crippen LogP contribution is 2.33. The van der Waals surface area contributed by atoms with Gasteiger partial charge in [-0.2, -0.15) is 8.78 Å². The Morgan fingerprint density at radius 1 is 1.15 bits per heavy atom. The van der Waals surface area contributed by atoms with Crippen molar-refractivity contribution in [3.63, 3.8) is 0 Å². The van der Waals surface area contributed by atoms with Gasteiger partial charge in [0.05, 0.1) is 36.2 Å². The number of methoxy groups -OCH3 is 1. The molecule has 1 amide bonds. The minimum Gasteiger partial charge on any atom is -0.493 e. The van der Waals surface area contributed by atoms with Crippen LogP contribution in [-0.4, -0.2) is 36.6 Å². The largest absolute Gasteiger partial charge is 0.493 e. The average molecular weight is 478 g/mol. The third-order valence-corrected chi connectivity index (χ3v) is 4.41. The predicted molar refractivity (Wildman–Crippen MR) is 118 cm³/mol. The summed E-state index contributed by atoms with van der Waals surface area (Å²) in [5, 5.41) is 14.0. The zero-order chi connectivity index (χ0) is 25.3. The number of nitro groups is 1. The van der Waals surface area contributed by atoms with Crippen molar-refractivity contribution >= 4 is 23.6 Å². The van der Waals surface area contributed by atoms with E-state index in [4.69, 9.17) is 9.47 Å². The first-order chi connectivity index (χ1) is 16.1. The summed E-state index contributed by atoms with van der Waals surface area (Å²) in [6.45, 7) is 0.172. The van der Waals surface area contributed by atoms with E-state index in [1.807, 2.05) is 0 Å². The van der Waals surface area contributed by atoms with Gasteiger partial charge in [-0.05, 0) is 26.0 Å². The first-order valence-electron chi connectivity index (χ1n) is 10.2. The van der Waals surface area contributed by atoms with Crippen molar-refractivity contribution in [3.05, 3.63) is 69.8 Å². The molecule has 0 aliphatic rings. The van der Waals surface area contributed by atoms with Gasteiger partial charge in [-0.25, -0.2) is 0 Å². The number of nitrogens with zero attached hydrogens (tertiary/aromatic N) is 1. The summed E-state index contributed by atoms with van der Waals surface area (Å²) in [6, 6.07) is 8.97. The molecule has 2 aromatic rings. The third-order valence-electron chi connectivity index (χ3n) is 4.41. The van der Waals surface area contributed by atoms with E-state index in [0.29, 0.717) is 0 Å². The maximum Gasteiger partial charge on any atom is 0.387 e. The number of hydrogen-bond acceptors (Lipinski definition) is 7. The lowest BCUT2D eigenvalue weighted by Gasteiger charge is -2.18. The number of nitro benzene ring substituents is 1. The number of alkyl halides is 2. The van der Waals surface area contributed by atoms with E-state index in [2.05, 4.69) is 10.1 Å². The Hall–Kier alpha value is -4.02. The van der Waals surface area contributed by atoms with Crippen LogP contribution in [0.4, 0.5) is 14.5 Å². The summed E-state index contributed by atoms with van der Waals surface area (Å²) in [7, 11) is 1.28. The summed E-state index contributed by atoms with van der Waals surface area (Å²) < 4.78 is 40.3. The van der Waals surface area contributed by atoms with Crippen LogP contribution in [0.5, 0.6) is 11.5 Å². The van der Waals surface area contributed by atoms with Crippen LogP contribution in [0.2, 0.25) is 0 Å². The Morgan fingerprint density at radius 2 is 1.85 bits per heavy atom. The molecule has 0 bridgehead atoms. The minimum atomic E-state index is -3.12. The van der Waals surface area contributed by atoms with Crippen LogP contribution >= 0.6 is 0 Å². The SMILES string of the molecule is COc1cccc(/C=C/C(=O)NC(CC(=O)OC(C)C)c2ccccc2[N+](=O)[O-])c1OC(F)F. The number of carbonyl (C=O) groups excluding carboxylic acids is 2. The number of rotatable bonds is 11. The van der Waals surface area contributed by atoms with Crippen molar-refractivity contribution in [2.75, 3.05) is 7.11 Å². The van der Waals surface area contributed by atoms with Gasteiger partial charge in [0.1, 0.15) is 0 Å². The van der Waals surface area contributed by atoms with Crippen molar-refractivity contribution in [2.24, 2.45) is 0 Å². The van der Waals surface area contributed by atoms with E-state index in [0.717, 1.165) is 6.08 Å². The number of halogens is 2. The summed E-state index contributed by atoms with van der Waals surface area (Å²) >= 11 is 0. The fraction of sp³-hybridized carbons (Fsp3) is 0.304. The van der Waals surface area contributed by atoms with E-state index >= 15 is 0 Å². The smallest absolute Gasteiger partial charge is 0.387 e. The number of amides is 1. The minimum absolute atomic E-state index is 0.0390. The number of ether oxygens (including phenoxy) is 3. The predicted octanol–water partition coefficient (Wildman–Crippen LogP) is 4.42. The lowest BCUT2D eigenvalue weighted by molar-refractivity contribution is -0.385. The summed E-state index contributed by atoms with van der Waals surface area (Å²) in [5.74, 6) is -1.62. The molecule has 182 valence electrons. The van der Waals surface area contributed by atoms with Gasteiger partial charge in [-0.15, -0.1) is 0 Å². The lowest BCUT2D eigenvalue weighted by Crippen LogP contribution is -2.30. The van der Waals surface area contributed by atoms with Gasteiger partial charge in [0.25, 0.3) is 5.69 Å². The van der Waals surface area contributed by atoms with Crippen molar-refractivity contribution in [2.45, 2.75) is 39.0 Å². The molecule has 0 saturated carbocycles. The molecule has 1 N–H and O–H groups in total. The zero-order valence-electron chi connectivity index (χ0n) is 18.7. The first kappa shape index (κ1) is 26.2. The number of esters is 1. The Kier molecular flexibility index (Phi) is 9.48. The second-order valence-corrected chi connectivity index (χ2v) is 7.21. The third kappa shape index (κ3) is 7.54. The molecule has 0 aliphatic heterocycles. The molecule has 0 fully saturated rings. The molecule has 0 heterocycles. The zero-order valence-corrected chi connectivity index (χ0v) is 18.7. The molecule has 11 heteroatoms. The van der Waals surface area contributed by atoms with Gasteiger partial charge in [0.2, 0.25) is 5.91 Å². The Bertz CT molecular complexity index is 1060. The van der Waals surface area contributed by atoms with Crippen molar-refractivity contribution in [3.8, 4) is 11.5 Å². The highest BCUT2D eigenvalue weighted by Gasteiger charge is 2.26. The Morgan fingerprint density at radius 3 is 2.47 bits per heavy atom. The van der Waals surface area contributed by atoms with Crippen LogP contribution in [0.3, 0.4) is 0 Å². The quantitative estimate of drug-likeness (QED) is 0.220. The molecule has 2 aromatic carbocycles. The van der Waals surface area contributed by atoms with E-state index in [1.54, 1.807) is 13.8 Å². The second kappa shape index (κ2) is 12.3. The fourth-order valence-corrected chi connectivity index (χ4v) is 3.09. The van der Waals surface area contributed by atoms with Crippen LogP contribution < -0.4 is 14.8 Å². The van der Waals surface area contributed by atoms with Crippen LogP contribution in [0.15, 0.2) is 48.5 Å². The van der Waals surface area contributed by atoms with Gasteiger partial charge < -0.3 is 19.5 Å². The van der Waals surface area contributed by atoms with Gasteiger partial charge in [0.15, 0.2) is 11.5 Å². The molecule has 0 aromatic heterocycles. The van der Waals surface area contributed by atoms with Crippen molar-refractivity contribution in [1.82, 2.24) is 5.32 Å². The molecule has 0 saturated heterocycles. The van der Waals surface area contributed by atoms with Gasteiger partial charge in [0, 0.05) is 17.7 Å². The molecule has 9 nitrogen and oxygen atoms in total.